The molecule has 0 unspecified atom stereocenters. The maximum Gasteiger partial charge on any atom is 0.284 e. The van der Waals surface area contributed by atoms with Gasteiger partial charge in [0.05, 0.1) is 23.8 Å². The molecular weight excluding hydrogens is 202 g/mol. The van der Waals surface area contributed by atoms with Gasteiger partial charge in [-0.1, -0.05) is 24.3 Å². The lowest BCUT2D eigenvalue weighted by atomic mass is 10.1. The zero-order valence-corrected chi connectivity index (χ0v) is 8.90. The molecule has 1 N–H and O–H groups in total. The molecule has 0 saturated carbocycles. The highest BCUT2D eigenvalue weighted by Gasteiger charge is 2.21. The van der Waals surface area contributed by atoms with E-state index in [2.05, 4.69) is 6.07 Å². The second-order valence-electron chi connectivity index (χ2n) is 3.37. The van der Waals surface area contributed by atoms with Gasteiger partial charge in [-0.2, -0.15) is 5.26 Å². The van der Waals surface area contributed by atoms with Crippen LogP contribution in [0.3, 0.4) is 0 Å². The molecular formula is C13H11NO2. The topological polar surface area (TPSA) is 53.2 Å². The number of fused-ring (bicyclic) bond motifs is 1. The molecule has 2 rings (SSSR count). The molecule has 0 saturated heterocycles. The SMILES string of the molecule is CCO/C(O)=C1\C=C(C#N)c2ccccc21. The molecule has 1 aromatic carbocycles. The molecule has 0 aliphatic heterocycles. The van der Waals surface area contributed by atoms with Crippen molar-refractivity contribution < 1.29 is 9.84 Å². The summed E-state index contributed by atoms with van der Waals surface area (Å²) in [6.07, 6.45) is 1.65. The van der Waals surface area contributed by atoms with Gasteiger partial charge in [0.15, 0.2) is 0 Å². The Morgan fingerprint density at radius 3 is 2.69 bits per heavy atom. The smallest absolute Gasteiger partial charge is 0.284 e. The Morgan fingerprint density at radius 1 is 1.38 bits per heavy atom. The molecule has 80 valence electrons. The van der Waals surface area contributed by atoms with Crippen LogP contribution in [0.1, 0.15) is 18.1 Å². The lowest BCUT2D eigenvalue weighted by Crippen LogP contribution is -1.93. The number of benzene rings is 1. The van der Waals surface area contributed by atoms with Crippen LogP contribution in [0.15, 0.2) is 36.3 Å². The van der Waals surface area contributed by atoms with Gasteiger partial charge >= 0.3 is 0 Å². The first-order valence-corrected chi connectivity index (χ1v) is 5.05. The molecule has 0 heterocycles. The van der Waals surface area contributed by atoms with Crippen molar-refractivity contribution in [1.82, 2.24) is 0 Å². The lowest BCUT2D eigenvalue weighted by Gasteiger charge is -2.05. The van der Waals surface area contributed by atoms with Crippen LogP contribution in [0.2, 0.25) is 0 Å². The van der Waals surface area contributed by atoms with Crippen molar-refractivity contribution in [1.29, 1.82) is 5.26 Å². The Labute approximate surface area is 93.9 Å². The molecule has 0 spiro atoms. The molecule has 0 amide bonds. The Hall–Kier alpha value is -2.21. The minimum atomic E-state index is -0.125. The summed E-state index contributed by atoms with van der Waals surface area (Å²) in [5, 5.41) is 18.7. The second-order valence-corrected chi connectivity index (χ2v) is 3.37. The summed E-state index contributed by atoms with van der Waals surface area (Å²) in [5.41, 5.74) is 2.81. The van der Waals surface area contributed by atoms with E-state index in [0.717, 1.165) is 11.1 Å². The average Bonchev–Trinajstić information content (AvgIpc) is 2.68. The summed E-state index contributed by atoms with van der Waals surface area (Å²) in [5.74, 6) is -0.125. The number of aliphatic hydroxyl groups is 1. The molecule has 0 aromatic heterocycles. The number of aliphatic hydroxyl groups excluding tert-OH is 1. The number of nitrogens with zero attached hydrogens (tertiary/aromatic N) is 1. The zero-order valence-electron chi connectivity index (χ0n) is 8.90. The molecule has 3 nitrogen and oxygen atoms in total. The van der Waals surface area contributed by atoms with Crippen LogP contribution in [0, 0.1) is 11.3 Å². The van der Waals surface area contributed by atoms with Gasteiger partial charge in [-0.05, 0) is 18.6 Å². The van der Waals surface area contributed by atoms with E-state index in [9.17, 15) is 5.11 Å². The van der Waals surface area contributed by atoms with Gasteiger partial charge in [0.1, 0.15) is 0 Å². The van der Waals surface area contributed by atoms with Crippen LogP contribution >= 0.6 is 0 Å². The Kier molecular flexibility index (Phi) is 2.65. The van der Waals surface area contributed by atoms with E-state index in [1.54, 1.807) is 13.0 Å². The number of hydrogen-bond acceptors (Lipinski definition) is 3. The summed E-state index contributed by atoms with van der Waals surface area (Å²) in [6.45, 7) is 2.19. The third-order valence-corrected chi connectivity index (χ3v) is 2.43. The Morgan fingerprint density at radius 2 is 2.06 bits per heavy atom. The van der Waals surface area contributed by atoms with Crippen LogP contribution < -0.4 is 0 Å². The number of nitriles is 1. The molecule has 0 radical (unpaired) electrons. The van der Waals surface area contributed by atoms with Gasteiger partial charge in [0.2, 0.25) is 0 Å². The van der Waals surface area contributed by atoms with E-state index in [4.69, 9.17) is 10.00 Å². The van der Waals surface area contributed by atoms with E-state index < -0.39 is 0 Å². The Balaban J connectivity index is 2.57. The predicted molar refractivity (Wildman–Crippen MR) is 61.2 cm³/mol. The van der Waals surface area contributed by atoms with E-state index in [0.29, 0.717) is 17.8 Å². The standard InChI is InChI=1S/C13H11NO2/c1-2-16-13(15)12-7-9(8-14)10-5-3-4-6-11(10)12/h3-7,15H,2H2,1H3/b13-12+. The third-order valence-electron chi connectivity index (χ3n) is 2.43. The average molecular weight is 213 g/mol. The summed E-state index contributed by atoms with van der Waals surface area (Å²) in [7, 11) is 0. The number of allylic oxidation sites excluding steroid dienone is 3. The van der Waals surface area contributed by atoms with Gasteiger partial charge in [-0.15, -0.1) is 0 Å². The highest BCUT2D eigenvalue weighted by atomic mass is 16.6. The minimum Gasteiger partial charge on any atom is -0.481 e. The quantitative estimate of drug-likeness (QED) is 0.768. The van der Waals surface area contributed by atoms with Crippen LogP contribution in [-0.2, 0) is 4.74 Å². The predicted octanol–water partition coefficient (Wildman–Crippen LogP) is 2.87. The van der Waals surface area contributed by atoms with Crippen LogP contribution in [0.25, 0.3) is 11.1 Å². The normalized spacial score (nSPS) is 16.1. The summed E-state index contributed by atoms with van der Waals surface area (Å²) < 4.78 is 5.06. The first-order chi connectivity index (χ1) is 7.77. The fourth-order valence-corrected chi connectivity index (χ4v) is 1.74. The summed E-state index contributed by atoms with van der Waals surface area (Å²) >= 11 is 0. The second kappa shape index (κ2) is 4.11. The van der Waals surface area contributed by atoms with Crippen molar-refractivity contribution in [3.63, 3.8) is 0 Å². The number of rotatable bonds is 2. The van der Waals surface area contributed by atoms with E-state index >= 15 is 0 Å². The maximum atomic E-state index is 9.71. The van der Waals surface area contributed by atoms with Crippen molar-refractivity contribution in [2.24, 2.45) is 0 Å². The fourth-order valence-electron chi connectivity index (χ4n) is 1.74. The van der Waals surface area contributed by atoms with Crippen molar-refractivity contribution >= 4 is 11.1 Å². The van der Waals surface area contributed by atoms with Gasteiger partial charge in [0, 0.05) is 5.56 Å². The lowest BCUT2D eigenvalue weighted by molar-refractivity contribution is 0.105. The molecule has 1 aliphatic rings. The largest absolute Gasteiger partial charge is 0.481 e. The molecule has 1 aromatic rings. The van der Waals surface area contributed by atoms with E-state index in [-0.39, 0.29) is 5.95 Å². The maximum absolute atomic E-state index is 9.71. The van der Waals surface area contributed by atoms with Crippen molar-refractivity contribution in [3.8, 4) is 6.07 Å². The third kappa shape index (κ3) is 1.55. The van der Waals surface area contributed by atoms with Crippen LogP contribution in [0.5, 0.6) is 0 Å². The molecule has 0 bridgehead atoms. The fraction of sp³-hybridized carbons (Fsp3) is 0.154. The summed E-state index contributed by atoms with van der Waals surface area (Å²) in [4.78, 5) is 0. The van der Waals surface area contributed by atoms with Crippen molar-refractivity contribution in [2.45, 2.75) is 6.92 Å². The van der Waals surface area contributed by atoms with E-state index in [1.807, 2.05) is 24.3 Å². The number of hydrogen-bond donors (Lipinski definition) is 1. The highest BCUT2D eigenvalue weighted by molar-refractivity contribution is 6.00. The Bertz CT molecular complexity index is 521. The van der Waals surface area contributed by atoms with Gasteiger partial charge in [0.25, 0.3) is 5.95 Å². The highest BCUT2D eigenvalue weighted by Crippen LogP contribution is 2.36. The van der Waals surface area contributed by atoms with Crippen LogP contribution in [-0.4, -0.2) is 11.7 Å². The molecule has 3 heteroatoms. The molecule has 1 aliphatic carbocycles. The van der Waals surface area contributed by atoms with Gasteiger partial charge in [-0.25, -0.2) is 0 Å². The minimum absolute atomic E-state index is 0.125. The monoisotopic (exact) mass is 213 g/mol. The van der Waals surface area contributed by atoms with Gasteiger partial charge in [-0.3, -0.25) is 0 Å². The molecule has 0 fully saturated rings. The molecule has 0 atom stereocenters. The number of ether oxygens (including phenoxy) is 1. The molecule has 16 heavy (non-hydrogen) atoms. The zero-order chi connectivity index (χ0) is 11.5. The summed E-state index contributed by atoms with van der Waals surface area (Å²) in [6, 6.07) is 9.56. The van der Waals surface area contributed by atoms with Gasteiger partial charge < -0.3 is 9.84 Å². The van der Waals surface area contributed by atoms with Crippen molar-refractivity contribution in [2.75, 3.05) is 6.61 Å². The first kappa shape index (κ1) is 10.3. The van der Waals surface area contributed by atoms with E-state index in [1.165, 1.54) is 0 Å². The van der Waals surface area contributed by atoms with Crippen molar-refractivity contribution in [3.05, 3.63) is 47.4 Å². The van der Waals surface area contributed by atoms with Crippen LogP contribution in [0.4, 0.5) is 0 Å². The first-order valence-electron chi connectivity index (χ1n) is 5.05.